The molecule has 0 amide bonds. The van der Waals surface area contributed by atoms with Gasteiger partial charge in [-0.2, -0.15) is 4.89 Å². The highest BCUT2D eigenvalue weighted by molar-refractivity contribution is 7.29. The van der Waals surface area contributed by atoms with E-state index in [9.17, 15) is 0 Å². The third-order valence-electron chi connectivity index (χ3n) is 1.34. The molecule has 0 radical (unpaired) electrons. The monoisotopic (exact) mass is 182 g/mol. The molecule has 0 saturated carbocycles. The van der Waals surface area contributed by atoms with Gasteiger partial charge in [0, 0.05) is 0 Å². The van der Waals surface area contributed by atoms with Crippen LogP contribution in [-0.4, -0.2) is 29.4 Å². The molecule has 0 aromatic carbocycles. The lowest BCUT2D eigenvalue weighted by atomic mass is 10.5. The van der Waals surface area contributed by atoms with Gasteiger partial charge >= 0.3 is 9.68 Å². The SMILES string of the molecule is CCN(CC)CC.O=[P+]([O-])O.[H+]. The maximum atomic E-state index is 8.59. The van der Waals surface area contributed by atoms with Gasteiger partial charge in [0.2, 0.25) is 0 Å². The summed E-state index contributed by atoms with van der Waals surface area (Å²) < 4.78 is 8.59. The third-order valence-corrected chi connectivity index (χ3v) is 1.34. The summed E-state index contributed by atoms with van der Waals surface area (Å²) in [6.45, 7) is 10.1. The Bertz CT molecular complexity index is 91.3. The highest BCUT2D eigenvalue weighted by Gasteiger charge is 1.89. The Balaban J connectivity index is -0.000000142. The van der Waals surface area contributed by atoms with Crippen molar-refractivity contribution >= 4 is 8.25 Å². The number of hydrogen-bond acceptors (Lipinski definition) is 3. The Kier molecular flexibility index (Phi) is 12.3. The largest absolute Gasteiger partial charge is 1.00 e. The minimum Gasteiger partial charge on any atom is -0.567 e. The number of nitrogens with zero attached hydrogens (tertiary/aromatic N) is 1. The summed E-state index contributed by atoms with van der Waals surface area (Å²) in [5.41, 5.74) is 0. The van der Waals surface area contributed by atoms with Gasteiger partial charge in [0.1, 0.15) is 0 Å². The van der Waals surface area contributed by atoms with Crippen molar-refractivity contribution in [2.75, 3.05) is 19.6 Å². The van der Waals surface area contributed by atoms with Gasteiger partial charge in [0.15, 0.2) is 0 Å². The number of hydrogen-bond donors (Lipinski definition) is 1. The molecule has 4 nitrogen and oxygen atoms in total. The molecule has 0 aliphatic carbocycles. The molecule has 0 rings (SSSR count). The normalized spacial score (nSPS) is 10.5. The Morgan fingerprint density at radius 1 is 1.36 bits per heavy atom. The van der Waals surface area contributed by atoms with Gasteiger partial charge in [0.25, 0.3) is 0 Å². The molecule has 0 aliphatic rings. The highest BCUT2D eigenvalue weighted by atomic mass is 31.1. The summed E-state index contributed by atoms with van der Waals surface area (Å²) in [5, 5.41) is 0. The first-order valence-corrected chi connectivity index (χ1v) is 4.77. The maximum Gasteiger partial charge on any atom is 1.00 e. The van der Waals surface area contributed by atoms with Crippen molar-refractivity contribution in [3.63, 3.8) is 0 Å². The first kappa shape index (κ1) is 13.6. The molecule has 5 heteroatoms. The summed E-state index contributed by atoms with van der Waals surface area (Å²) in [5.74, 6) is 0. The van der Waals surface area contributed by atoms with E-state index in [4.69, 9.17) is 14.4 Å². The van der Waals surface area contributed by atoms with E-state index in [1.807, 2.05) is 0 Å². The second kappa shape index (κ2) is 9.98. The molecule has 0 spiro atoms. The van der Waals surface area contributed by atoms with Crippen LogP contribution in [0.15, 0.2) is 0 Å². The average molecular weight is 182 g/mol. The molecular weight excluding hydrogens is 165 g/mol. The number of rotatable bonds is 3. The van der Waals surface area contributed by atoms with Crippen molar-refractivity contribution < 1.29 is 15.8 Å². The second-order valence-electron chi connectivity index (χ2n) is 1.86. The van der Waals surface area contributed by atoms with Crippen LogP contribution in [0, 0.1) is 0 Å². The fourth-order valence-electron chi connectivity index (χ4n) is 0.671. The van der Waals surface area contributed by atoms with Crippen molar-refractivity contribution in [2.45, 2.75) is 20.8 Å². The summed E-state index contributed by atoms with van der Waals surface area (Å²) in [6.07, 6.45) is 0. The van der Waals surface area contributed by atoms with Crippen LogP contribution in [-0.2, 0) is 4.57 Å². The van der Waals surface area contributed by atoms with Crippen molar-refractivity contribution in [1.29, 1.82) is 0 Å². The molecule has 0 aliphatic heterocycles. The molecular formula is C6H17NO3P+. The van der Waals surface area contributed by atoms with Gasteiger partial charge in [-0.1, -0.05) is 20.8 Å². The molecule has 1 atom stereocenters. The minimum absolute atomic E-state index is 0. The fraction of sp³-hybridized carbons (Fsp3) is 1.00. The van der Waals surface area contributed by atoms with E-state index in [1.54, 1.807) is 0 Å². The molecule has 1 N–H and O–H groups in total. The Morgan fingerprint density at radius 3 is 1.55 bits per heavy atom. The zero-order valence-electron chi connectivity index (χ0n) is 8.28. The first-order chi connectivity index (χ1) is 5.08. The summed E-state index contributed by atoms with van der Waals surface area (Å²) in [6, 6.07) is 0. The van der Waals surface area contributed by atoms with Crippen LogP contribution < -0.4 is 4.89 Å². The Morgan fingerprint density at radius 2 is 1.55 bits per heavy atom. The third kappa shape index (κ3) is 17.8. The van der Waals surface area contributed by atoms with Crippen LogP contribution >= 0.6 is 8.25 Å². The standard InChI is InChI=1S/C6H15N.HO3P/c1-4-7(5-2)6-3;1-4(2)3/h4-6H2,1-3H3;(H,1,2,3)/p+1. The molecule has 11 heavy (non-hydrogen) atoms. The summed E-state index contributed by atoms with van der Waals surface area (Å²) in [4.78, 5) is 18.0. The van der Waals surface area contributed by atoms with Gasteiger partial charge in [-0.05, 0) is 24.2 Å². The second-order valence-corrected chi connectivity index (χ2v) is 2.33. The van der Waals surface area contributed by atoms with Crippen molar-refractivity contribution in [2.24, 2.45) is 0 Å². The Hall–Kier alpha value is -0.0200. The van der Waals surface area contributed by atoms with E-state index in [1.165, 1.54) is 19.6 Å². The molecule has 0 saturated heterocycles. The van der Waals surface area contributed by atoms with E-state index in [2.05, 4.69) is 25.7 Å². The maximum absolute atomic E-state index is 8.59. The smallest absolute Gasteiger partial charge is 0.567 e. The predicted octanol–water partition coefficient (Wildman–Crippen LogP) is 0.457. The van der Waals surface area contributed by atoms with Gasteiger partial charge in [0.05, 0.1) is 0 Å². The quantitative estimate of drug-likeness (QED) is 0.644. The van der Waals surface area contributed by atoms with E-state index in [-0.39, 0.29) is 1.43 Å². The van der Waals surface area contributed by atoms with E-state index < -0.39 is 8.25 Å². The van der Waals surface area contributed by atoms with Crippen LogP contribution in [0.3, 0.4) is 0 Å². The molecule has 0 bridgehead atoms. The zero-order chi connectivity index (χ0) is 9.28. The average Bonchev–Trinajstić information content (AvgIpc) is 1.90. The van der Waals surface area contributed by atoms with Crippen LogP contribution in [0.1, 0.15) is 22.2 Å². The van der Waals surface area contributed by atoms with Gasteiger partial charge in [-0.15, -0.1) is 0 Å². The topological polar surface area (TPSA) is 63.6 Å². The molecule has 0 fully saturated rings. The van der Waals surface area contributed by atoms with Crippen molar-refractivity contribution in [1.82, 2.24) is 4.90 Å². The lowest BCUT2D eigenvalue weighted by molar-refractivity contribution is -0.180. The van der Waals surface area contributed by atoms with E-state index in [0.29, 0.717) is 0 Å². The first-order valence-electron chi connectivity index (χ1n) is 3.64. The van der Waals surface area contributed by atoms with Crippen molar-refractivity contribution in [3.8, 4) is 0 Å². The lowest BCUT2D eigenvalue weighted by Gasteiger charge is -2.13. The molecule has 68 valence electrons. The predicted molar refractivity (Wildman–Crippen MR) is 44.4 cm³/mol. The van der Waals surface area contributed by atoms with E-state index in [0.717, 1.165) is 0 Å². The summed E-state index contributed by atoms with van der Waals surface area (Å²) >= 11 is 0. The molecule has 0 aromatic rings. The van der Waals surface area contributed by atoms with Gasteiger partial charge in [-0.25, -0.2) is 0 Å². The van der Waals surface area contributed by atoms with Crippen LogP contribution in [0.2, 0.25) is 0 Å². The molecule has 0 heterocycles. The van der Waals surface area contributed by atoms with Crippen LogP contribution in [0.5, 0.6) is 0 Å². The van der Waals surface area contributed by atoms with Crippen molar-refractivity contribution in [3.05, 3.63) is 0 Å². The van der Waals surface area contributed by atoms with Gasteiger partial charge < -0.3 is 9.79 Å². The van der Waals surface area contributed by atoms with E-state index >= 15 is 0 Å². The zero-order valence-corrected chi connectivity index (χ0v) is 8.17. The van der Waals surface area contributed by atoms with Crippen LogP contribution in [0.25, 0.3) is 0 Å². The molecule has 1 unspecified atom stereocenters. The van der Waals surface area contributed by atoms with Crippen LogP contribution in [0.4, 0.5) is 0 Å². The minimum atomic E-state index is -3.12. The fourth-order valence-corrected chi connectivity index (χ4v) is 0.671. The Labute approximate surface area is 70.3 Å². The highest BCUT2D eigenvalue weighted by Crippen LogP contribution is 1.89. The summed E-state index contributed by atoms with van der Waals surface area (Å²) in [7, 11) is -3.12. The molecule has 0 aromatic heterocycles. The lowest BCUT2D eigenvalue weighted by Crippen LogP contribution is -2.21. The van der Waals surface area contributed by atoms with Gasteiger partial charge in [-0.3, -0.25) is 0 Å².